The lowest BCUT2D eigenvalue weighted by Crippen LogP contribution is -2.40. The smallest absolute Gasteiger partial charge is 0.339 e. The molecule has 1 fully saturated rings. The minimum atomic E-state index is -0.949. The molecule has 7 heteroatoms. The third-order valence-corrected chi connectivity index (χ3v) is 6.28. The molecule has 27 heavy (non-hydrogen) atoms. The van der Waals surface area contributed by atoms with Crippen LogP contribution in [0.4, 0.5) is 0 Å². The number of carboxylic acids is 1. The quantitative estimate of drug-likeness (QED) is 0.795. The van der Waals surface area contributed by atoms with Crippen molar-refractivity contribution in [3.63, 3.8) is 0 Å². The summed E-state index contributed by atoms with van der Waals surface area (Å²) < 4.78 is 1.80. The van der Waals surface area contributed by atoms with Gasteiger partial charge in [-0.25, -0.2) is 4.79 Å². The molecule has 6 nitrogen and oxygen atoms in total. The molecule has 1 amide bonds. The number of rotatable bonds is 5. The number of likely N-dealkylation sites (tertiary alicyclic amines) is 1. The highest BCUT2D eigenvalue weighted by molar-refractivity contribution is 8.00. The summed E-state index contributed by atoms with van der Waals surface area (Å²) in [4.78, 5) is 26.8. The maximum Gasteiger partial charge on any atom is 0.339 e. The van der Waals surface area contributed by atoms with E-state index in [2.05, 4.69) is 37.1 Å². The fourth-order valence-electron chi connectivity index (χ4n) is 3.55. The molecule has 1 aromatic heterocycles. The molecule has 0 aliphatic carbocycles. The molecule has 2 aromatic rings. The van der Waals surface area contributed by atoms with Crippen molar-refractivity contribution in [3.05, 3.63) is 46.8 Å². The highest BCUT2D eigenvalue weighted by Gasteiger charge is 2.26. The highest BCUT2D eigenvalue weighted by Crippen LogP contribution is 2.27. The van der Waals surface area contributed by atoms with Gasteiger partial charge in [0.15, 0.2) is 0 Å². The lowest BCUT2D eigenvalue weighted by Gasteiger charge is -2.32. The van der Waals surface area contributed by atoms with Gasteiger partial charge in [0.05, 0.1) is 23.7 Å². The molecule has 1 aromatic carbocycles. The number of aromatic carboxylic acids is 1. The lowest BCUT2D eigenvalue weighted by atomic mass is 10.0. The van der Waals surface area contributed by atoms with Crippen LogP contribution >= 0.6 is 11.8 Å². The number of hydrogen-bond acceptors (Lipinski definition) is 4. The maximum absolute atomic E-state index is 12.6. The molecular formula is C20H25N3O3S. The Balaban J connectivity index is 1.54. The Kier molecular flexibility index (Phi) is 5.89. The number of thioether (sulfide) groups is 1. The first-order valence-corrected chi connectivity index (χ1v) is 10.1. The summed E-state index contributed by atoms with van der Waals surface area (Å²) in [7, 11) is 0. The fourth-order valence-corrected chi connectivity index (χ4v) is 4.47. The van der Waals surface area contributed by atoms with E-state index in [0.29, 0.717) is 24.5 Å². The number of aryl methyl sites for hydroxylation is 2. The van der Waals surface area contributed by atoms with Crippen LogP contribution in [0, 0.1) is 20.8 Å². The highest BCUT2D eigenvalue weighted by atomic mass is 32.2. The van der Waals surface area contributed by atoms with Crippen molar-refractivity contribution in [1.82, 2.24) is 14.7 Å². The fraction of sp³-hybridized carbons (Fsp3) is 0.450. The summed E-state index contributed by atoms with van der Waals surface area (Å²) in [5, 5.41) is 13.4. The van der Waals surface area contributed by atoms with Crippen LogP contribution < -0.4 is 0 Å². The van der Waals surface area contributed by atoms with E-state index >= 15 is 0 Å². The van der Waals surface area contributed by atoms with Crippen molar-refractivity contribution in [1.29, 1.82) is 0 Å². The average Bonchev–Trinajstić information content (AvgIpc) is 3.02. The predicted molar refractivity (Wildman–Crippen MR) is 105 cm³/mol. The third-order valence-electron chi connectivity index (χ3n) is 5.12. The van der Waals surface area contributed by atoms with Gasteiger partial charge in [-0.1, -0.05) is 17.7 Å². The van der Waals surface area contributed by atoms with Gasteiger partial charge in [0.1, 0.15) is 5.56 Å². The second kappa shape index (κ2) is 8.17. The van der Waals surface area contributed by atoms with Crippen LogP contribution in [0.25, 0.3) is 0 Å². The first-order chi connectivity index (χ1) is 12.9. The minimum absolute atomic E-state index is 0.147. The van der Waals surface area contributed by atoms with Gasteiger partial charge in [0, 0.05) is 18.0 Å². The van der Waals surface area contributed by atoms with Gasteiger partial charge in [0.2, 0.25) is 5.91 Å². The van der Waals surface area contributed by atoms with Gasteiger partial charge in [-0.15, -0.1) is 11.8 Å². The normalized spacial score (nSPS) is 15.1. The van der Waals surface area contributed by atoms with E-state index in [1.165, 1.54) is 17.3 Å². The number of benzene rings is 1. The molecule has 0 unspecified atom stereocenters. The van der Waals surface area contributed by atoms with Gasteiger partial charge in [0.25, 0.3) is 0 Å². The Morgan fingerprint density at radius 3 is 2.52 bits per heavy atom. The predicted octanol–water partition coefficient (Wildman–Crippen LogP) is 3.46. The van der Waals surface area contributed by atoms with Gasteiger partial charge < -0.3 is 10.0 Å². The molecule has 1 aliphatic heterocycles. The number of amides is 1. The molecule has 0 radical (unpaired) electrons. The van der Waals surface area contributed by atoms with Gasteiger partial charge >= 0.3 is 5.97 Å². The van der Waals surface area contributed by atoms with E-state index in [-0.39, 0.29) is 17.5 Å². The van der Waals surface area contributed by atoms with Crippen LogP contribution in [0.5, 0.6) is 0 Å². The summed E-state index contributed by atoms with van der Waals surface area (Å²) in [6.45, 7) is 7.28. The van der Waals surface area contributed by atoms with Crippen LogP contribution in [-0.2, 0) is 4.79 Å². The van der Waals surface area contributed by atoms with Gasteiger partial charge in [-0.3, -0.25) is 9.48 Å². The van der Waals surface area contributed by atoms with Crippen molar-refractivity contribution >= 4 is 23.6 Å². The van der Waals surface area contributed by atoms with Crippen molar-refractivity contribution < 1.29 is 14.7 Å². The summed E-state index contributed by atoms with van der Waals surface area (Å²) in [6.07, 6.45) is 3.00. The van der Waals surface area contributed by atoms with Crippen molar-refractivity contribution in [2.24, 2.45) is 0 Å². The maximum atomic E-state index is 12.6. The van der Waals surface area contributed by atoms with Crippen LogP contribution in [0.15, 0.2) is 29.3 Å². The zero-order valence-electron chi connectivity index (χ0n) is 15.9. The SMILES string of the molecule is Cc1ccc(SCC(=O)N2CCC(n3ncc(C(=O)O)c3C)CC2)c(C)c1. The number of piperidine rings is 1. The second-order valence-electron chi connectivity index (χ2n) is 7.06. The molecule has 1 aliphatic rings. The Hall–Kier alpha value is -2.28. The topological polar surface area (TPSA) is 75.4 Å². The number of carboxylic acid groups (broad SMARTS) is 1. The monoisotopic (exact) mass is 387 g/mol. The Bertz CT molecular complexity index is 854. The third kappa shape index (κ3) is 4.35. The molecule has 3 rings (SSSR count). The molecule has 2 heterocycles. The molecule has 144 valence electrons. The first kappa shape index (κ1) is 19.5. The number of carbonyl (C=O) groups is 2. The minimum Gasteiger partial charge on any atom is -0.478 e. The second-order valence-corrected chi connectivity index (χ2v) is 8.08. The van der Waals surface area contributed by atoms with Crippen LogP contribution in [0.1, 0.15) is 46.1 Å². The number of carbonyl (C=O) groups excluding carboxylic acids is 1. The van der Waals surface area contributed by atoms with E-state index in [4.69, 9.17) is 0 Å². The summed E-state index contributed by atoms with van der Waals surface area (Å²) in [6, 6.07) is 6.43. The average molecular weight is 388 g/mol. The summed E-state index contributed by atoms with van der Waals surface area (Å²) in [5.74, 6) is -0.352. The first-order valence-electron chi connectivity index (χ1n) is 9.12. The molecule has 0 saturated carbocycles. The van der Waals surface area contributed by atoms with Crippen LogP contribution in [0.3, 0.4) is 0 Å². The van der Waals surface area contributed by atoms with E-state index in [0.717, 1.165) is 17.7 Å². The van der Waals surface area contributed by atoms with Crippen molar-refractivity contribution in [3.8, 4) is 0 Å². The number of hydrogen-bond donors (Lipinski definition) is 1. The summed E-state index contributed by atoms with van der Waals surface area (Å²) >= 11 is 1.59. The van der Waals surface area contributed by atoms with E-state index < -0.39 is 5.97 Å². The Labute approximate surface area is 163 Å². The van der Waals surface area contributed by atoms with Crippen LogP contribution in [-0.4, -0.2) is 50.5 Å². The van der Waals surface area contributed by atoms with Crippen molar-refractivity contribution in [2.45, 2.75) is 44.6 Å². The molecule has 0 spiro atoms. The molecular weight excluding hydrogens is 362 g/mol. The lowest BCUT2D eigenvalue weighted by molar-refractivity contribution is -0.129. The zero-order chi connectivity index (χ0) is 19.6. The standard InChI is InChI=1S/C20H25N3O3S/c1-13-4-5-18(14(2)10-13)27-12-19(24)22-8-6-16(7-9-22)23-15(3)17(11-21-23)20(25)26/h4-5,10-11,16H,6-9,12H2,1-3H3,(H,25,26). The zero-order valence-corrected chi connectivity index (χ0v) is 16.8. The number of aromatic nitrogens is 2. The van der Waals surface area contributed by atoms with E-state index in [1.54, 1.807) is 23.4 Å². The molecule has 1 N–H and O–H groups in total. The van der Waals surface area contributed by atoms with Crippen molar-refractivity contribution in [2.75, 3.05) is 18.8 Å². The molecule has 1 saturated heterocycles. The Morgan fingerprint density at radius 2 is 1.93 bits per heavy atom. The Morgan fingerprint density at radius 1 is 1.22 bits per heavy atom. The molecule has 0 bridgehead atoms. The number of nitrogens with zero attached hydrogens (tertiary/aromatic N) is 3. The van der Waals surface area contributed by atoms with Crippen LogP contribution in [0.2, 0.25) is 0 Å². The van der Waals surface area contributed by atoms with Gasteiger partial charge in [-0.2, -0.15) is 5.10 Å². The largest absolute Gasteiger partial charge is 0.478 e. The van der Waals surface area contributed by atoms with E-state index in [9.17, 15) is 14.7 Å². The van der Waals surface area contributed by atoms with E-state index in [1.807, 2.05) is 4.90 Å². The van der Waals surface area contributed by atoms with Gasteiger partial charge in [-0.05, 0) is 45.2 Å². The molecule has 0 atom stereocenters. The summed E-state index contributed by atoms with van der Waals surface area (Å²) in [5.41, 5.74) is 3.36.